The summed E-state index contributed by atoms with van der Waals surface area (Å²) in [6.45, 7) is 0.273. The van der Waals surface area contributed by atoms with E-state index in [1.165, 1.54) is 0 Å². The van der Waals surface area contributed by atoms with Crippen LogP contribution in [0.15, 0.2) is 0 Å². The van der Waals surface area contributed by atoms with Gasteiger partial charge in [-0.25, -0.2) is 9.59 Å². The number of aliphatic hydroxyl groups is 1. The van der Waals surface area contributed by atoms with E-state index in [-0.39, 0.29) is 6.54 Å². The van der Waals surface area contributed by atoms with E-state index in [0.717, 1.165) is 0 Å². The van der Waals surface area contributed by atoms with Crippen LogP contribution in [0.4, 0.5) is 4.79 Å². The van der Waals surface area contributed by atoms with E-state index < -0.39 is 18.1 Å². The molecule has 0 radical (unpaired) electrons. The fraction of sp³-hybridized carbons (Fsp3) is 0.667. The molecule has 0 aromatic carbocycles. The molecule has 0 bridgehead atoms. The van der Waals surface area contributed by atoms with E-state index in [9.17, 15) is 9.59 Å². The first kappa shape index (κ1) is 11.7. The van der Waals surface area contributed by atoms with E-state index >= 15 is 0 Å². The van der Waals surface area contributed by atoms with Gasteiger partial charge in [0.05, 0.1) is 6.54 Å². The van der Waals surface area contributed by atoms with Crippen molar-refractivity contribution in [2.75, 3.05) is 19.6 Å². The maximum absolute atomic E-state index is 10.7. The van der Waals surface area contributed by atoms with Gasteiger partial charge in [0.2, 0.25) is 0 Å². The number of aliphatic carboxylic acids is 1. The number of carboxylic acids is 1. The Morgan fingerprint density at radius 2 is 2.00 bits per heavy atom. The SMILES string of the molecule is NCCNC(=O)NC[C@H](O)C(=O)O. The van der Waals surface area contributed by atoms with Gasteiger partial charge in [-0.3, -0.25) is 0 Å². The molecule has 0 saturated heterocycles. The molecule has 7 heteroatoms. The first-order chi connectivity index (χ1) is 6.07. The van der Waals surface area contributed by atoms with E-state index in [1.54, 1.807) is 0 Å². The first-order valence-electron chi connectivity index (χ1n) is 3.70. The Bertz CT molecular complexity index is 185. The normalized spacial score (nSPS) is 11.8. The molecule has 0 rings (SSSR count). The zero-order valence-corrected chi connectivity index (χ0v) is 6.99. The van der Waals surface area contributed by atoms with Gasteiger partial charge < -0.3 is 26.6 Å². The van der Waals surface area contributed by atoms with Crippen LogP contribution in [-0.4, -0.2) is 48.0 Å². The molecule has 6 N–H and O–H groups in total. The van der Waals surface area contributed by atoms with Crippen LogP contribution in [0.5, 0.6) is 0 Å². The first-order valence-corrected chi connectivity index (χ1v) is 3.70. The Labute approximate surface area is 74.9 Å². The Balaban J connectivity index is 3.52. The molecule has 0 aliphatic rings. The lowest BCUT2D eigenvalue weighted by atomic mass is 10.4. The molecule has 0 aromatic heterocycles. The Hall–Kier alpha value is -1.34. The summed E-state index contributed by atoms with van der Waals surface area (Å²) >= 11 is 0. The molecule has 0 aromatic rings. The number of rotatable bonds is 5. The highest BCUT2D eigenvalue weighted by molar-refractivity contribution is 5.76. The van der Waals surface area contributed by atoms with E-state index in [1.807, 2.05) is 0 Å². The molecule has 13 heavy (non-hydrogen) atoms. The number of urea groups is 1. The van der Waals surface area contributed by atoms with Gasteiger partial charge in [-0.1, -0.05) is 0 Å². The van der Waals surface area contributed by atoms with E-state index in [0.29, 0.717) is 13.1 Å². The van der Waals surface area contributed by atoms with Gasteiger partial charge in [0, 0.05) is 13.1 Å². The fourth-order valence-electron chi connectivity index (χ4n) is 0.525. The summed E-state index contributed by atoms with van der Waals surface area (Å²) in [5.41, 5.74) is 5.09. The number of hydrogen-bond donors (Lipinski definition) is 5. The van der Waals surface area contributed by atoms with Crippen molar-refractivity contribution >= 4 is 12.0 Å². The lowest BCUT2D eigenvalue weighted by Gasteiger charge is -2.08. The van der Waals surface area contributed by atoms with Crippen molar-refractivity contribution in [2.24, 2.45) is 5.73 Å². The van der Waals surface area contributed by atoms with Gasteiger partial charge in [0.25, 0.3) is 0 Å². The summed E-state index contributed by atoms with van der Waals surface area (Å²) in [5, 5.41) is 21.5. The van der Waals surface area contributed by atoms with Crippen LogP contribution in [0.2, 0.25) is 0 Å². The van der Waals surface area contributed by atoms with Crippen LogP contribution in [0.25, 0.3) is 0 Å². The number of nitrogens with one attached hydrogen (secondary N) is 2. The molecule has 0 aliphatic heterocycles. The monoisotopic (exact) mass is 191 g/mol. The Morgan fingerprint density at radius 1 is 1.38 bits per heavy atom. The maximum Gasteiger partial charge on any atom is 0.334 e. The highest BCUT2D eigenvalue weighted by atomic mass is 16.4. The van der Waals surface area contributed by atoms with Crippen molar-refractivity contribution in [3.8, 4) is 0 Å². The summed E-state index contributed by atoms with van der Waals surface area (Å²) in [4.78, 5) is 20.8. The van der Waals surface area contributed by atoms with Crippen molar-refractivity contribution in [3.63, 3.8) is 0 Å². The molecular formula is C6H13N3O4. The van der Waals surface area contributed by atoms with Crippen molar-refractivity contribution in [1.29, 1.82) is 0 Å². The average Bonchev–Trinajstić information content (AvgIpc) is 2.10. The maximum atomic E-state index is 10.7. The summed E-state index contributed by atoms with van der Waals surface area (Å²) in [7, 11) is 0. The summed E-state index contributed by atoms with van der Waals surface area (Å²) in [6.07, 6.45) is -1.58. The van der Waals surface area contributed by atoms with Crippen LogP contribution in [-0.2, 0) is 4.79 Å². The van der Waals surface area contributed by atoms with Crippen molar-refractivity contribution in [1.82, 2.24) is 10.6 Å². The molecule has 0 fully saturated rings. The zero-order chi connectivity index (χ0) is 10.3. The van der Waals surface area contributed by atoms with Crippen LogP contribution < -0.4 is 16.4 Å². The number of carbonyl (C=O) groups is 2. The minimum Gasteiger partial charge on any atom is -0.479 e. The predicted molar refractivity (Wildman–Crippen MR) is 44.1 cm³/mol. The number of carboxylic acid groups (broad SMARTS) is 1. The molecular weight excluding hydrogens is 178 g/mol. The molecule has 76 valence electrons. The number of amides is 2. The fourth-order valence-corrected chi connectivity index (χ4v) is 0.525. The third-order valence-corrected chi connectivity index (χ3v) is 1.17. The molecule has 0 unspecified atom stereocenters. The molecule has 1 atom stereocenters. The third-order valence-electron chi connectivity index (χ3n) is 1.17. The molecule has 2 amide bonds. The van der Waals surface area contributed by atoms with Gasteiger partial charge in [-0.2, -0.15) is 0 Å². The second-order valence-corrected chi connectivity index (χ2v) is 2.28. The average molecular weight is 191 g/mol. The summed E-state index contributed by atoms with van der Waals surface area (Å²) in [5.74, 6) is -1.38. The van der Waals surface area contributed by atoms with Crippen LogP contribution >= 0.6 is 0 Å². The molecule has 0 heterocycles. The topological polar surface area (TPSA) is 125 Å². The number of hydrogen-bond acceptors (Lipinski definition) is 4. The number of nitrogens with two attached hydrogens (primary N) is 1. The molecule has 0 saturated carbocycles. The van der Waals surface area contributed by atoms with Crippen molar-refractivity contribution in [2.45, 2.75) is 6.10 Å². The second kappa shape index (κ2) is 6.21. The lowest BCUT2D eigenvalue weighted by Crippen LogP contribution is -2.43. The van der Waals surface area contributed by atoms with Crippen LogP contribution in [0, 0.1) is 0 Å². The highest BCUT2D eigenvalue weighted by Crippen LogP contribution is 1.79. The van der Waals surface area contributed by atoms with Gasteiger partial charge in [0.1, 0.15) is 0 Å². The second-order valence-electron chi connectivity index (χ2n) is 2.28. The van der Waals surface area contributed by atoms with Gasteiger partial charge in [-0.05, 0) is 0 Å². The Morgan fingerprint density at radius 3 is 2.46 bits per heavy atom. The standard InChI is InChI=1S/C6H13N3O4/c7-1-2-8-6(13)9-3-4(10)5(11)12/h4,10H,1-3,7H2,(H,11,12)(H2,8,9,13)/t4-/m0/s1. The third kappa shape index (κ3) is 5.88. The number of carbonyl (C=O) groups excluding carboxylic acids is 1. The minimum atomic E-state index is -1.58. The minimum absolute atomic E-state index is 0.301. The van der Waals surface area contributed by atoms with Crippen molar-refractivity contribution < 1.29 is 19.8 Å². The van der Waals surface area contributed by atoms with Gasteiger partial charge >= 0.3 is 12.0 Å². The molecule has 0 aliphatic carbocycles. The highest BCUT2D eigenvalue weighted by Gasteiger charge is 2.13. The van der Waals surface area contributed by atoms with Crippen molar-refractivity contribution in [3.05, 3.63) is 0 Å². The van der Waals surface area contributed by atoms with E-state index in [4.69, 9.17) is 15.9 Å². The quantitative estimate of drug-likeness (QED) is 0.334. The van der Waals surface area contributed by atoms with Gasteiger partial charge in [-0.15, -0.1) is 0 Å². The smallest absolute Gasteiger partial charge is 0.334 e. The van der Waals surface area contributed by atoms with Crippen LogP contribution in [0.1, 0.15) is 0 Å². The molecule has 7 nitrogen and oxygen atoms in total. The Kier molecular flexibility index (Phi) is 5.57. The van der Waals surface area contributed by atoms with Gasteiger partial charge in [0.15, 0.2) is 6.10 Å². The summed E-state index contributed by atoms with van der Waals surface area (Å²) in [6, 6.07) is -0.550. The summed E-state index contributed by atoms with van der Waals surface area (Å²) < 4.78 is 0. The number of aliphatic hydroxyl groups excluding tert-OH is 1. The van der Waals surface area contributed by atoms with Crippen LogP contribution in [0.3, 0.4) is 0 Å². The van der Waals surface area contributed by atoms with E-state index in [2.05, 4.69) is 10.6 Å². The predicted octanol–water partition coefficient (Wildman–Crippen LogP) is -2.31. The molecule has 0 spiro atoms. The lowest BCUT2D eigenvalue weighted by molar-refractivity contribution is -0.146. The zero-order valence-electron chi connectivity index (χ0n) is 6.99. The largest absolute Gasteiger partial charge is 0.479 e.